The van der Waals surface area contributed by atoms with Gasteiger partial charge in [-0.25, -0.2) is 4.63 Å². The second kappa shape index (κ2) is 13.6. The molecule has 1 aromatic heterocycles. The third kappa shape index (κ3) is 6.97. The normalized spacial score (nSPS) is 14.3. The van der Waals surface area contributed by atoms with Crippen LogP contribution >= 0.6 is 0 Å². The largest absolute Gasteiger partial charge is 0.491 e. The SMILES string of the molecule is CN(C)c1ccc(CCCN(C)C2CCc3cc(OCCOCCNc4ccc([N+](=O)[O-])c5nonc45)ccc32)cc1. The van der Waals surface area contributed by atoms with E-state index in [1.54, 1.807) is 6.07 Å². The van der Waals surface area contributed by atoms with Gasteiger partial charge in [-0.1, -0.05) is 18.2 Å². The number of ether oxygens (including phenoxy) is 2. The third-order valence-corrected chi connectivity index (χ3v) is 7.77. The highest BCUT2D eigenvalue weighted by Crippen LogP contribution is 2.37. The lowest BCUT2D eigenvalue weighted by Gasteiger charge is -2.25. The minimum atomic E-state index is -0.508. The number of fused-ring (bicyclic) bond motifs is 2. The van der Waals surface area contributed by atoms with Crippen LogP contribution in [0.15, 0.2) is 59.2 Å². The molecule has 0 aliphatic heterocycles. The molecule has 1 aliphatic carbocycles. The summed E-state index contributed by atoms with van der Waals surface area (Å²) < 4.78 is 16.3. The highest BCUT2D eigenvalue weighted by molar-refractivity contribution is 5.93. The molecule has 1 heterocycles. The minimum absolute atomic E-state index is 0.119. The van der Waals surface area contributed by atoms with Crippen molar-refractivity contribution < 1.29 is 19.0 Å². The summed E-state index contributed by atoms with van der Waals surface area (Å²) in [7, 11) is 6.37. The monoisotopic (exact) mass is 574 g/mol. The van der Waals surface area contributed by atoms with Gasteiger partial charge in [-0.2, -0.15) is 0 Å². The van der Waals surface area contributed by atoms with E-state index in [0.29, 0.717) is 43.6 Å². The molecule has 0 radical (unpaired) electrons. The van der Waals surface area contributed by atoms with Crippen LogP contribution in [0.3, 0.4) is 0 Å². The lowest BCUT2D eigenvalue weighted by molar-refractivity contribution is -0.383. The molecule has 0 saturated carbocycles. The number of non-ortho nitro benzene ring substituents is 1. The first-order valence-electron chi connectivity index (χ1n) is 14.3. The maximum absolute atomic E-state index is 11.1. The molecular weight excluding hydrogens is 536 g/mol. The van der Waals surface area contributed by atoms with Crippen LogP contribution in [-0.2, 0) is 17.6 Å². The van der Waals surface area contributed by atoms with E-state index >= 15 is 0 Å². The van der Waals surface area contributed by atoms with Gasteiger partial charge in [0.15, 0.2) is 5.52 Å². The smallest absolute Gasteiger partial charge is 0.300 e. The van der Waals surface area contributed by atoms with Crippen LogP contribution in [0.4, 0.5) is 17.1 Å². The fourth-order valence-corrected chi connectivity index (χ4v) is 5.49. The van der Waals surface area contributed by atoms with Crippen LogP contribution in [0.5, 0.6) is 5.75 Å². The van der Waals surface area contributed by atoms with Gasteiger partial charge >= 0.3 is 5.69 Å². The van der Waals surface area contributed by atoms with E-state index in [2.05, 4.69) is 93.7 Å². The fraction of sp³-hybridized carbons (Fsp3) is 0.419. The van der Waals surface area contributed by atoms with E-state index in [1.807, 2.05) is 0 Å². The average molecular weight is 575 g/mol. The molecule has 222 valence electrons. The molecule has 1 N–H and O–H groups in total. The Kier molecular flexibility index (Phi) is 9.50. The van der Waals surface area contributed by atoms with E-state index in [9.17, 15) is 10.1 Å². The van der Waals surface area contributed by atoms with Gasteiger partial charge in [-0.05, 0) is 96.6 Å². The van der Waals surface area contributed by atoms with Gasteiger partial charge in [0.25, 0.3) is 0 Å². The molecule has 42 heavy (non-hydrogen) atoms. The zero-order valence-corrected chi connectivity index (χ0v) is 24.4. The number of hydrogen-bond donors (Lipinski definition) is 1. The summed E-state index contributed by atoms with van der Waals surface area (Å²) in [5.41, 5.74) is 6.30. The Labute approximate surface area is 245 Å². The van der Waals surface area contributed by atoms with Crippen LogP contribution in [0.1, 0.15) is 35.6 Å². The Bertz CT molecular complexity index is 1490. The summed E-state index contributed by atoms with van der Waals surface area (Å²) in [6.07, 6.45) is 4.42. The average Bonchev–Trinajstić information content (AvgIpc) is 3.64. The summed E-state index contributed by atoms with van der Waals surface area (Å²) in [5, 5.41) is 21.7. The first kappa shape index (κ1) is 29.3. The van der Waals surface area contributed by atoms with Crippen molar-refractivity contribution in [3.63, 3.8) is 0 Å². The van der Waals surface area contributed by atoms with Crippen molar-refractivity contribution >= 4 is 28.1 Å². The van der Waals surface area contributed by atoms with Crippen molar-refractivity contribution in [1.29, 1.82) is 0 Å². The van der Waals surface area contributed by atoms with Crippen molar-refractivity contribution in [1.82, 2.24) is 15.2 Å². The quantitative estimate of drug-likeness (QED) is 0.114. The minimum Gasteiger partial charge on any atom is -0.491 e. The molecule has 5 rings (SSSR count). The highest BCUT2D eigenvalue weighted by Gasteiger charge is 2.26. The Hall–Kier alpha value is -4.22. The maximum atomic E-state index is 11.1. The van der Waals surface area contributed by atoms with Gasteiger partial charge in [-0.3, -0.25) is 15.0 Å². The second-order valence-corrected chi connectivity index (χ2v) is 10.8. The van der Waals surface area contributed by atoms with Crippen LogP contribution in [0.25, 0.3) is 11.0 Å². The zero-order valence-electron chi connectivity index (χ0n) is 24.4. The molecule has 11 heteroatoms. The summed E-state index contributed by atoms with van der Waals surface area (Å²) in [6, 6.07) is 18.7. The van der Waals surface area contributed by atoms with Crippen LogP contribution in [0, 0.1) is 10.1 Å². The Morgan fingerprint density at radius 1 is 1.02 bits per heavy atom. The van der Waals surface area contributed by atoms with Crippen LogP contribution in [0.2, 0.25) is 0 Å². The van der Waals surface area contributed by atoms with Gasteiger partial charge < -0.3 is 19.7 Å². The first-order valence-corrected chi connectivity index (χ1v) is 14.3. The van der Waals surface area contributed by atoms with Crippen molar-refractivity contribution in [2.45, 2.75) is 31.7 Å². The van der Waals surface area contributed by atoms with Crippen molar-refractivity contribution in [3.8, 4) is 5.75 Å². The number of nitrogens with zero attached hydrogens (tertiary/aromatic N) is 5. The van der Waals surface area contributed by atoms with E-state index in [-0.39, 0.29) is 11.2 Å². The molecule has 0 spiro atoms. The van der Waals surface area contributed by atoms with Crippen molar-refractivity contribution in [2.24, 2.45) is 0 Å². The number of rotatable bonds is 15. The topological polar surface area (TPSA) is 119 Å². The number of nitro benzene ring substituents is 1. The predicted octanol–water partition coefficient (Wildman–Crippen LogP) is 5.26. The summed E-state index contributed by atoms with van der Waals surface area (Å²) in [5.74, 6) is 0.867. The van der Waals surface area contributed by atoms with Gasteiger partial charge in [0, 0.05) is 38.4 Å². The lowest BCUT2D eigenvalue weighted by atomic mass is 10.1. The first-order chi connectivity index (χ1) is 20.4. The summed E-state index contributed by atoms with van der Waals surface area (Å²) in [4.78, 5) is 15.2. The third-order valence-electron chi connectivity index (χ3n) is 7.77. The Morgan fingerprint density at radius 2 is 1.83 bits per heavy atom. The molecule has 11 nitrogen and oxygen atoms in total. The predicted molar refractivity (Wildman–Crippen MR) is 162 cm³/mol. The molecule has 1 atom stereocenters. The molecule has 0 fully saturated rings. The van der Waals surface area contributed by atoms with Crippen LogP contribution < -0.4 is 15.0 Å². The van der Waals surface area contributed by atoms with E-state index < -0.39 is 4.92 Å². The molecule has 0 saturated heterocycles. The number of aryl methyl sites for hydroxylation is 2. The number of aromatic nitrogens is 2. The summed E-state index contributed by atoms with van der Waals surface area (Å²) >= 11 is 0. The number of hydrogen-bond acceptors (Lipinski definition) is 10. The van der Waals surface area contributed by atoms with Gasteiger partial charge in [0.05, 0.1) is 23.8 Å². The Morgan fingerprint density at radius 3 is 2.62 bits per heavy atom. The van der Waals surface area contributed by atoms with Crippen LogP contribution in [-0.4, -0.2) is 74.2 Å². The molecule has 3 aromatic carbocycles. The van der Waals surface area contributed by atoms with E-state index in [4.69, 9.17) is 9.47 Å². The molecular formula is C31H38N6O5. The van der Waals surface area contributed by atoms with E-state index in [1.165, 1.54) is 28.4 Å². The van der Waals surface area contributed by atoms with Crippen molar-refractivity contribution in [3.05, 3.63) is 81.4 Å². The van der Waals surface area contributed by atoms with E-state index in [0.717, 1.165) is 38.0 Å². The fourth-order valence-electron chi connectivity index (χ4n) is 5.49. The van der Waals surface area contributed by atoms with Gasteiger partial charge in [-0.15, -0.1) is 0 Å². The maximum Gasteiger partial charge on any atom is 0.300 e. The number of benzene rings is 3. The lowest BCUT2D eigenvalue weighted by Crippen LogP contribution is -2.24. The molecule has 4 aromatic rings. The Balaban J connectivity index is 1.00. The molecule has 0 bridgehead atoms. The zero-order chi connectivity index (χ0) is 29.5. The number of nitrogens with one attached hydrogen (secondary N) is 1. The van der Waals surface area contributed by atoms with Gasteiger partial charge in [0.2, 0.25) is 5.52 Å². The molecule has 1 aliphatic rings. The number of anilines is 2. The molecule has 0 amide bonds. The number of nitro groups is 1. The highest BCUT2D eigenvalue weighted by atomic mass is 16.6. The second-order valence-electron chi connectivity index (χ2n) is 10.8. The van der Waals surface area contributed by atoms with Crippen molar-refractivity contribution in [2.75, 3.05) is 64.3 Å². The molecule has 1 unspecified atom stereocenters. The summed E-state index contributed by atoms with van der Waals surface area (Å²) in [6.45, 7) is 2.90. The van der Waals surface area contributed by atoms with Gasteiger partial charge in [0.1, 0.15) is 12.4 Å². The standard InChI is InChI=1S/C31H38N6O5/c1-35(2)24-9-6-22(7-10-24)5-4-17-36(3)28-14-8-23-21-25(11-12-26(23)28)41-20-19-40-18-16-32-27-13-15-29(37(38)39)31-30(27)33-42-34-31/h6-7,9-13,15,21,28,32H,4-5,8,14,16-20H2,1-3H3.